The van der Waals surface area contributed by atoms with Crippen LogP contribution in [-0.2, 0) is 17.9 Å². The summed E-state index contributed by atoms with van der Waals surface area (Å²) in [7, 11) is 1.46. The summed E-state index contributed by atoms with van der Waals surface area (Å²) in [5.41, 5.74) is 6.21. The molecule has 0 aliphatic carbocycles. The van der Waals surface area contributed by atoms with Crippen molar-refractivity contribution in [1.29, 1.82) is 0 Å². The van der Waals surface area contributed by atoms with Crippen molar-refractivity contribution in [3.8, 4) is 5.75 Å². The highest BCUT2D eigenvalue weighted by Gasteiger charge is 2.19. The quantitative estimate of drug-likeness (QED) is 0.323. The van der Waals surface area contributed by atoms with Crippen molar-refractivity contribution in [2.24, 2.45) is 0 Å². The molecule has 1 aromatic heterocycles. The average Bonchev–Trinajstić information content (AvgIpc) is 3.27. The SMILES string of the molecule is COc1ccc(Cl)cc1C(=O)NNC(=O)CSc1nnc(CN2CCCCC2)n1Cc1ccccc1. The Labute approximate surface area is 219 Å². The number of nitrogens with one attached hydrogen (secondary N) is 2. The number of likely N-dealkylation sites (tertiary alicyclic amines) is 1. The van der Waals surface area contributed by atoms with Crippen molar-refractivity contribution >= 4 is 35.2 Å². The third-order valence-electron chi connectivity index (χ3n) is 5.84. The van der Waals surface area contributed by atoms with Crippen molar-refractivity contribution in [3.05, 3.63) is 70.5 Å². The highest BCUT2D eigenvalue weighted by molar-refractivity contribution is 7.99. The zero-order valence-corrected chi connectivity index (χ0v) is 21.6. The number of carbonyl (C=O) groups is 2. The number of carbonyl (C=O) groups excluding carboxylic acids is 2. The van der Waals surface area contributed by atoms with Crippen LogP contribution in [0.4, 0.5) is 0 Å². The number of ether oxygens (including phenoxy) is 1. The van der Waals surface area contributed by atoms with Gasteiger partial charge in [0.25, 0.3) is 5.91 Å². The minimum atomic E-state index is -0.524. The van der Waals surface area contributed by atoms with E-state index in [9.17, 15) is 9.59 Å². The van der Waals surface area contributed by atoms with Gasteiger partial charge in [-0.05, 0) is 49.7 Å². The first-order valence-electron chi connectivity index (χ1n) is 11.8. The summed E-state index contributed by atoms with van der Waals surface area (Å²) >= 11 is 7.27. The van der Waals surface area contributed by atoms with Crippen LogP contribution in [0.15, 0.2) is 53.7 Å². The Hall–Kier alpha value is -3.08. The normalized spacial score (nSPS) is 13.8. The third-order valence-corrected chi connectivity index (χ3v) is 7.05. The summed E-state index contributed by atoms with van der Waals surface area (Å²) in [6, 6.07) is 14.8. The highest BCUT2D eigenvalue weighted by atomic mass is 35.5. The van der Waals surface area contributed by atoms with Gasteiger partial charge in [0, 0.05) is 5.02 Å². The second-order valence-electron chi connectivity index (χ2n) is 8.44. The Kier molecular flexibility index (Phi) is 9.21. The van der Waals surface area contributed by atoms with Gasteiger partial charge in [0.2, 0.25) is 5.91 Å². The van der Waals surface area contributed by atoms with E-state index in [4.69, 9.17) is 16.3 Å². The van der Waals surface area contributed by atoms with Crippen LogP contribution >= 0.6 is 23.4 Å². The smallest absolute Gasteiger partial charge is 0.273 e. The van der Waals surface area contributed by atoms with E-state index < -0.39 is 5.91 Å². The van der Waals surface area contributed by atoms with Crippen LogP contribution in [0.3, 0.4) is 0 Å². The number of amides is 2. The third kappa shape index (κ3) is 6.99. The highest BCUT2D eigenvalue weighted by Crippen LogP contribution is 2.23. The number of aromatic nitrogens is 3. The van der Waals surface area contributed by atoms with E-state index in [1.54, 1.807) is 12.1 Å². The van der Waals surface area contributed by atoms with E-state index in [0.717, 1.165) is 31.0 Å². The molecule has 2 aromatic carbocycles. The fourth-order valence-electron chi connectivity index (χ4n) is 4.00. The molecular formula is C25H29ClN6O3S. The number of hydrogen-bond donors (Lipinski definition) is 2. The van der Waals surface area contributed by atoms with Gasteiger partial charge in [0.15, 0.2) is 5.16 Å². The maximum atomic E-state index is 12.5. The summed E-state index contributed by atoms with van der Waals surface area (Å²) in [5, 5.41) is 9.87. The van der Waals surface area contributed by atoms with Gasteiger partial charge in [-0.25, -0.2) is 0 Å². The summed E-state index contributed by atoms with van der Waals surface area (Å²) in [5.74, 6) is 0.398. The van der Waals surface area contributed by atoms with Crippen LogP contribution in [0.2, 0.25) is 5.02 Å². The molecule has 11 heteroatoms. The predicted octanol–water partition coefficient (Wildman–Crippen LogP) is 3.53. The topological polar surface area (TPSA) is 101 Å². The van der Waals surface area contributed by atoms with Gasteiger partial charge in [-0.2, -0.15) is 0 Å². The lowest BCUT2D eigenvalue weighted by Gasteiger charge is -2.26. The number of piperidine rings is 1. The molecular weight excluding hydrogens is 500 g/mol. The predicted molar refractivity (Wildman–Crippen MR) is 139 cm³/mol. The Morgan fingerprint density at radius 3 is 2.56 bits per heavy atom. The monoisotopic (exact) mass is 528 g/mol. The Morgan fingerprint density at radius 1 is 1.03 bits per heavy atom. The van der Waals surface area contributed by atoms with Crippen LogP contribution in [0, 0.1) is 0 Å². The summed E-state index contributed by atoms with van der Waals surface area (Å²) < 4.78 is 7.26. The Balaban J connectivity index is 1.38. The van der Waals surface area contributed by atoms with Crippen molar-refractivity contribution in [2.45, 2.75) is 37.5 Å². The van der Waals surface area contributed by atoms with E-state index in [-0.39, 0.29) is 17.2 Å². The fourth-order valence-corrected chi connectivity index (χ4v) is 4.93. The van der Waals surface area contributed by atoms with Gasteiger partial charge in [-0.1, -0.05) is 60.1 Å². The van der Waals surface area contributed by atoms with Crippen molar-refractivity contribution in [2.75, 3.05) is 26.0 Å². The summed E-state index contributed by atoms with van der Waals surface area (Å²) in [4.78, 5) is 27.4. The van der Waals surface area contributed by atoms with E-state index in [0.29, 0.717) is 22.5 Å². The zero-order chi connectivity index (χ0) is 25.3. The maximum Gasteiger partial charge on any atom is 0.273 e. The van der Waals surface area contributed by atoms with Crippen molar-refractivity contribution < 1.29 is 14.3 Å². The van der Waals surface area contributed by atoms with Gasteiger partial charge in [-0.3, -0.25) is 25.3 Å². The minimum absolute atomic E-state index is 0.0591. The van der Waals surface area contributed by atoms with E-state index in [1.165, 1.54) is 44.2 Å². The molecule has 0 atom stereocenters. The van der Waals surface area contributed by atoms with Gasteiger partial charge in [0.05, 0.1) is 31.5 Å². The average molecular weight is 529 g/mol. The van der Waals surface area contributed by atoms with Gasteiger partial charge >= 0.3 is 0 Å². The van der Waals surface area contributed by atoms with Crippen LogP contribution < -0.4 is 15.6 Å². The number of rotatable bonds is 9. The molecule has 3 aromatic rings. The van der Waals surface area contributed by atoms with Crippen molar-refractivity contribution in [1.82, 2.24) is 30.5 Å². The standard InChI is InChI=1S/C25H29ClN6O3S/c1-35-21-11-10-19(26)14-20(21)24(34)29-28-23(33)17-36-25-30-27-22(16-31-12-6-3-7-13-31)32(25)15-18-8-4-2-5-9-18/h2,4-5,8-11,14H,3,6-7,12-13,15-17H2,1H3,(H,28,33)(H,29,34). The lowest BCUT2D eigenvalue weighted by molar-refractivity contribution is -0.119. The molecule has 0 radical (unpaired) electrons. The molecule has 0 saturated carbocycles. The number of nitrogens with zero attached hydrogens (tertiary/aromatic N) is 4. The lowest BCUT2D eigenvalue weighted by Crippen LogP contribution is -2.42. The number of thioether (sulfide) groups is 1. The second-order valence-corrected chi connectivity index (χ2v) is 9.82. The molecule has 2 N–H and O–H groups in total. The van der Waals surface area contributed by atoms with E-state index >= 15 is 0 Å². The molecule has 0 spiro atoms. The van der Waals surface area contributed by atoms with Crippen LogP contribution in [0.1, 0.15) is 41.0 Å². The lowest BCUT2D eigenvalue weighted by atomic mass is 10.1. The number of halogens is 1. The molecule has 2 amide bonds. The number of benzene rings is 2. The molecule has 36 heavy (non-hydrogen) atoms. The van der Waals surface area contributed by atoms with Gasteiger partial charge in [0.1, 0.15) is 11.6 Å². The van der Waals surface area contributed by atoms with Crippen LogP contribution in [0.5, 0.6) is 5.75 Å². The first-order valence-corrected chi connectivity index (χ1v) is 13.1. The molecule has 190 valence electrons. The summed E-state index contributed by atoms with van der Waals surface area (Å²) in [6.07, 6.45) is 3.66. The van der Waals surface area contributed by atoms with Crippen molar-refractivity contribution in [3.63, 3.8) is 0 Å². The fraction of sp³-hybridized carbons (Fsp3) is 0.360. The largest absolute Gasteiger partial charge is 0.496 e. The molecule has 2 heterocycles. The molecule has 9 nitrogen and oxygen atoms in total. The molecule has 1 fully saturated rings. The molecule has 1 aliphatic rings. The maximum absolute atomic E-state index is 12.5. The molecule has 1 saturated heterocycles. The van der Waals surface area contributed by atoms with Gasteiger partial charge in [-0.15, -0.1) is 10.2 Å². The summed E-state index contributed by atoms with van der Waals surface area (Å²) in [6.45, 7) is 3.46. The van der Waals surface area contributed by atoms with Gasteiger partial charge < -0.3 is 9.30 Å². The molecule has 4 rings (SSSR count). The zero-order valence-electron chi connectivity index (χ0n) is 20.1. The second kappa shape index (κ2) is 12.8. The Bertz CT molecular complexity index is 1180. The van der Waals surface area contributed by atoms with E-state index in [2.05, 4.69) is 42.6 Å². The van der Waals surface area contributed by atoms with Crippen LogP contribution in [-0.4, -0.2) is 57.4 Å². The number of hydrazine groups is 1. The molecule has 0 bridgehead atoms. The van der Waals surface area contributed by atoms with E-state index in [1.807, 2.05) is 18.2 Å². The first kappa shape index (κ1) is 26.0. The minimum Gasteiger partial charge on any atom is -0.496 e. The number of hydrogen-bond acceptors (Lipinski definition) is 7. The number of methoxy groups -OCH3 is 1. The molecule has 0 unspecified atom stereocenters. The first-order chi connectivity index (χ1) is 17.5. The molecule has 1 aliphatic heterocycles. The van der Waals surface area contributed by atoms with Crippen LogP contribution in [0.25, 0.3) is 0 Å². The Morgan fingerprint density at radius 2 is 1.81 bits per heavy atom.